The van der Waals surface area contributed by atoms with Crippen LogP contribution >= 0.6 is 0 Å². The molecule has 2 heterocycles. The number of nitrogens with zero attached hydrogens (tertiary/aromatic N) is 3. The standard InChI is InChI=1S/C17H19N3O3/c1-21-13-8-4-7-12(9-13)14-10-15(22-19-14)17-18-16(20-23-17)11-5-2-3-6-11/h4,7-9,11,15H,2-3,5-6,10H2,1H3/t15-/m1/s1. The summed E-state index contributed by atoms with van der Waals surface area (Å²) in [6.07, 6.45) is 5.12. The molecule has 2 aliphatic rings. The van der Waals surface area contributed by atoms with E-state index in [1.54, 1.807) is 7.11 Å². The van der Waals surface area contributed by atoms with E-state index in [0.29, 0.717) is 18.2 Å². The van der Waals surface area contributed by atoms with Crippen LogP contribution in [0.4, 0.5) is 0 Å². The Labute approximate surface area is 134 Å². The van der Waals surface area contributed by atoms with Crippen molar-refractivity contribution in [3.05, 3.63) is 41.5 Å². The van der Waals surface area contributed by atoms with Crippen molar-refractivity contribution in [3.63, 3.8) is 0 Å². The number of methoxy groups -OCH3 is 1. The molecular formula is C17H19N3O3. The number of ether oxygens (including phenoxy) is 1. The summed E-state index contributed by atoms with van der Waals surface area (Å²) >= 11 is 0. The molecule has 1 atom stereocenters. The highest BCUT2D eigenvalue weighted by Crippen LogP contribution is 2.34. The van der Waals surface area contributed by atoms with Gasteiger partial charge in [0.2, 0.25) is 6.10 Å². The maximum atomic E-state index is 5.51. The average Bonchev–Trinajstić information content (AvgIpc) is 3.34. The lowest BCUT2D eigenvalue weighted by molar-refractivity contribution is 0.0599. The van der Waals surface area contributed by atoms with Gasteiger partial charge in [0.05, 0.1) is 12.8 Å². The predicted octanol–water partition coefficient (Wildman–Crippen LogP) is 3.60. The molecule has 0 bridgehead atoms. The number of rotatable bonds is 4. The van der Waals surface area contributed by atoms with Gasteiger partial charge >= 0.3 is 0 Å². The quantitative estimate of drug-likeness (QED) is 0.862. The summed E-state index contributed by atoms with van der Waals surface area (Å²) in [5, 5.41) is 8.31. The van der Waals surface area contributed by atoms with Gasteiger partial charge in [-0.3, -0.25) is 0 Å². The van der Waals surface area contributed by atoms with Gasteiger partial charge in [-0.05, 0) is 25.0 Å². The van der Waals surface area contributed by atoms with Crippen molar-refractivity contribution in [1.29, 1.82) is 0 Å². The normalized spacial score (nSPS) is 21.3. The molecule has 0 saturated heterocycles. The van der Waals surface area contributed by atoms with Crippen molar-refractivity contribution < 1.29 is 14.1 Å². The molecule has 1 aliphatic heterocycles. The molecule has 1 aromatic carbocycles. The molecule has 6 heteroatoms. The summed E-state index contributed by atoms with van der Waals surface area (Å²) in [5.74, 6) is 2.58. The molecule has 23 heavy (non-hydrogen) atoms. The summed E-state index contributed by atoms with van der Waals surface area (Å²) in [6, 6.07) is 7.78. The average molecular weight is 313 g/mol. The van der Waals surface area contributed by atoms with E-state index in [9.17, 15) is 0 Å². The topological polar surface area (TPSA) is 69.7 Å². The van der Waals surface area contributed by atoms with Crippen LogP contribution in [0.5, 0.6) is 5.75 Å². The summed E-state index contributed by atoms with van der Waals surface area (Å²) in [7, 11) is 1.65. The Bertz CT molecular complexity index is 719. The van der Waals surface area contributed by atoms with Crippen LogP contribution in [0, 0.1) is 0 Å². The van der Waals surface area contributed by atoms with E-state index in [0.717, 1.165) is 35.7 Å². The minimum atomic E-state index is -0.293. The van der Waals surface area contributed by atoms with Crippen LogP contribution in [-0.4, -0.2) is 23.0 Å². The third-order valence-corrected chi connectivity index (χ3v) is 4.53. The fraction of sp³-hybridized carbons (Fsp3) is 0.471. The molecule has 0 unspecified atom stereocenters. The molecular weight excluding hydrogens is 294 g/mol. The molecule has 4 rings (SSSR count). The molecule has 1 fully saturated rings. The molecule has 0 spiro atoms. The molecule has 1 saturated carbocycles. The second kappa shape index (κ2) is 6.02. The highest BCUT2D eigenvalue weighted by Gasteiger charge is 2.31. The van der Waals surface area contributed by atoms with E-state index in [1.165, 1.54) is 12.8 Å². The summed E-state index contributed by atoms with van der Waals surface area (Å²) < 4.78 is 10.7. The van der Waals surface area contributed by atoms with Gasteiger partial charge in [-0.15, -0.1) is 0 Å². The Balaban J connectivity index is 1.47. The summed E-state index contributed by atoms with van der Waals surface area (Å²) in [5.41, 5.74) is 1.86. The molecule has 0 N–H and O–H groups in total. The van der Waals surface area contributed by atoms with Crippen LogP contribution in [-0.2, 0) is 4.84 Å². The molecule has 2 aromatic rings. The van der Waals surface area contributed by atoms with Crippen molar-refractivity contribution in [1.82, 2.24) is 10.1 Å². The first-order valence-electron chi connectivity index (χ1n) is 8.04. The van der Waals surface area contributed by atoms with Crippen molar-refractivity contribution in [2.24, 2.45) is 5.16 Å². The van der Waals surface area contributed by atoms with Crippen LogP contribution in [0.3, 0.4) is 0 Å². The van der Waals surface area contributed by atoms with Crippen molar-refractivity contribution >= 4 is 5.71 Å². The van der Waals surface area contributed by atoms with E-state index in [1.807, 2.05) is 24.3 Å². The smallest absolute Gasteiger partial charge is 0.270 e. The van der Waals surface area contributed by atoms with E-state index in [4.69, 9.17) is 14.1 Å². The zero-order chi connectivity index (χ0) is 15.6. The molecule has 0 amide bonds. The van der Waals surface area contributed by atoms with E-state index >= 15 is 0 Å². The lowest BCUT2D eigenvalue weighted by Crippen LogP contribution is -2.03. The SMILES string of the molecule is COc1cccc(C2=NO[C@@H](c3nc(C4CCCC4)no3)C2)c1. The Morgan fingerprint density at radius 3 is 2.91 bits per heavy atom. The largest absolute Gasteiger partial charge is 0.497 e. The second-order valence-electron chi connectivity index (χ2n) is 6.04. The van der Waals surface area contributed by atoms with Crippen molar-refractivity contribution in [2.75, 3.05) is 7.11 Å². The third-order valence-electron chi connectivity index (χ3n) is 4.53. The minimum Gasteiger partial charge on any atom is -0.497 e. The fourth-order valence-corrected chi connectivity index (χ4v) is 3.21. The van der Waals surface area contributed by atoms with E-state index < -0.39 is 0 Å². The highest BCUT2D eigenvalue weighted by molar-refractivity contribution is 6.01. The number of hydrogen-bond donors (Lipinski definition) is 0. The minimum absolute atomic E-state index is 0.293. The van der Waals surface area contributed by atoms with Gasteiger partial charge in [0.25, 0.3) is 5.89 Å². The van der Waals surface area contributed by atoms with Gasteiger partial charge in [0.1, 0.15) is 5.75 Å². The maximum Gasteiger partial charge on any atom is 0.270 e. The lowest BCUT2D eigenvalue weighted by Gasteiger charge is -2.03. The first kappa shape index (κ1) is 14.2. The Hall–Kier alpha value is -2.37. The van der Waals surface area contributed by atoms with Crippen LogP contribution < -0.4 is 4.74 Å². The first-order chi connectivity index (χ1) is 11.3. The molecule has 0 radical (unpaired) electrons. The lowest BCUT2D eigenvalue weighted by atomic mass is 10.0. The molecule has 1 aromatic heterocycles. The molecule has 120 valence electrons. The van der Waals surface area contributed by atoms with Gasteiger partial charge in [-0.1, -0.05) is 35.3 Å². The number of hydrogen-bond acceptors (Lipinski definition) is 6. The van der Waals surface area contributed by atoms with Crippen LogP contribution in [0.1, 0.15) is 61.4 Å². The van der Waals surface area contributed by atoms with Gasteiger partial charge in [-0.2, -0.15) is 4.98 Å². The molecule has 1 aliphatic carbocycles. The molecule has 6 nitrogen and oxygen atoms in total. The Morgan fingerprint density at radius 1 is 1.22 bits per heavy atom. The Kier molecular flexibility index (Phi) is 3.73. The van der Waals surface area contributed by atoms with Crippen LogP contribution in [0.15, 0.2) is 33.9 Å². The first-order valence-corrected chi connectivity index (χ1v) is 8.04. The summed E-state index contributed by atoms with van der Waals surface area (Å²) in [6.45, 7) is 0. The predicted molar refractivity (Wildman–Crippen MR) is 83.5 cm³/mol. The number of benzene rings is 1. The van der Waals surface area contributed by atoms with Gasteiger partial charge in [0, 0.05) is 17.9 Å². The highest BCUT2D eigenvalue weighted by atomic mass is 16.7. The monoisotopic (exact) mass is 313 g/mol. The Morgan fingerprint density at radius 2 is 2.09 bits per heavy atom. The maximum absolute atomic E-state index is 5.51. The zero-order valence-electron chi connectivity index (χ0n) is 13.1. The van der Waals surface area contributed by atoms with Gasteiger partial charge < -0.3 is 14.1 Å². The fourth-order valence-electron chi connectivity index (χ4n) is 3.21. The van der Waals surface area contributed by atoms with Crippen molar-refractivity contribution in [2.45, 2.75) is 44.1 Å². The number of aromatic nitrogens is 2. The van der Waals surface area contributed by atoms with Gasteiger partial charge in [-0.25, -0.2) is 0 Å². The van der Waals surface area contributed by atoms with Gasteiger partial charge in [0.15, 0.2) is 5.82 Å². The third kappa shape index (κ3) is 2.81. The number of oxime groups is 1. The van der Waals surface area contributed by atoms with Crippen molar-refractivity contribution in [3.8, 4) is 5.75 Å². The second-order valence-corrected chi connectivity index (χ2v) is 6.04. The van der Waals surface area contributed by atoms with E-state index in [2.05, 4.69) is 15.3 Å². The van der Waals surface area contributed by atoms with Crippen LogP contribution in [0.25, 0.3) is 0 Å². The van der Waals surface area contributed by atoms with E-state index in [-0.39, 0.29) is 6.10 Å². The van der Waals surface area contributed by atoms with Crippen LogP contribution in [0.2, 0.25) is 0 Å². The zero-order valence-corrected chi connectivity index (χ0v) is 13.1. The summed E-state index contributed by atoms with van der Waals surface area (Å²) in [4.78, 5) is 10.0.